The molecule has 4 aromatic rings. The maximum Gasteiger partial charge on any atom is 0.255 e. The van der Waals surface area contributed by atoms with Gasteiger partial charge in [-0.15, -0.1) is 0 Å². The summed E-state index contributed by atoms with van der Waals surface area (Å²) in [7, 11) is 2.05. The second-order valence-electron chi connectivity index (χ2n) is 9.64. The van der Waals surface area contributed by atoms with Gasteiger partial charge in [0.05, 0.1) is 5.39 Å². The van der Waals surface area contributed by atoms with Crippen LogP contribution in [0.25, 0.3) is 22.3 Å². The third kappa shape index (κ3) is 5.17. The quantitative estimate of drug-likeness (QED) is 0.443. The van der Waals surface area contributed by atoms with Crippen molar-refractivity contribution in [3.05, 3.63) is 99.2 Å². The summed E-state index contributed by atoms with van der Waals surface area (Å²) in [5.41, 5.74) is 4.78. The Hall–Kier alpha value is -4.23. The molecule has 1 aromatic heterocycles. The molecule has 0 unspecified atom stereocenters. The van der Waals surface area contributed by atoms with Crippen molar-refractivity contribution in [1.29, 1.82) is 0 Å². The molecule has 1 fully saturated rings. The monoisotopic (exact) mass is 495 g/mol. The summed E-state index contributed by atoms with van der Waals surface area (Å²) in [5, 5.41) is 3.43. The number of nitrogens with zero attached hydrogens (tertiary/aromatic N) is 2. The van der Waals surface area contributed by atoms with Crippen LogP contribution in [0.3, 0.4) is 0 Å². The van der Waals surface area contributed by atoms with Crippen molar-refractivity contribution in [3.8, 4) is 11.3 Å². The van der Waals surface area contributed by atoms with E-state index in [4.69, 9.17) is 4.42 Å². The summed E-state index contributed by atoms with van der Waals surface area (Å²) < 4.78 is 6.06. The number of hydrogen-bond donors (Lipinski definition) is 1. The minimum Gasteiger partial charge on any atom is -0.456 e. The first-order valence-corrected chi connectivity index (χ1v) is 12.3. The fraction of sp³-hybridized carbons (Fsp3) is 0.233. The molecule has 1 saturated heterocycles. The molecule has 1 N–H and O–H groups in total. The minimum atomic E-state index is -0.268. The highest BCUT2D eigenvalue weighted by molar-refractivity contribution is 6.04. The number of rotatable bonds is 4. The largest absolute Gasteiger partial charge is 0.456 e. The number of benzene rings is 3. The van der Waals surface area contributed by atoms with Crippen LogP contribution in [-0.2, 0) is 0 Å². The van der Waals surface area contributed by atoms with Gasteiger partial charge in [-0.1, -0.05) is 18.2 Å². The summed E-state index contributed by atoms with van der Waals surface area (Å²) in [6.07, 6.45) is 0. The number of hydrogen-bond acceptors (Lipinski definition) is 5. The number of anilines is 1. The zero-order valence-electron chi connectivity index (χ0n) is 21.2. The van der Waals surface area contributed by atoms with Crippen molar-refractivity contribution in [3.63, 3.8) is 0 Å². The van der Waals surface area contributed by atoms with Crippen LogP contribution in [-0.4, -0.2) is 54.8 Å². The molecule has 1 aliphatic rings. The molecule has 0 spiro atoms. The number of likely N-dealkylation sites (N-methyl/N-ethyl adjacent to an activating group) is 1. The number of amides is 2. The average Bonchev–Trinajstić information content (AvgIpc) is 2.90. The highest BCUT2D eigenvalue weighted by Crippen LogP contribution is 2.25. The van der Waals surface area contributed by atoms with Crippen LogP contribution >= 0.6 is 0 Å². The standard InChI is InChI=1S/C30H29N3O4/c1-19-16-20(2)28-25(17-19)26(34)18-27(37-28)21-4-6-22(7-5-21)29(35)31-24-10-8-23(9-11-24)30(36)33-14-12-32(3)13-15-33/h4-11,16-18H,12-15H2,1-3H3,(H,31,35). The molecule has 37 heavy (non-hydrogen) atoms. The molecular formula is C30H29N3O4. The van der Waals surface area contributed by atoms with Crippen molar-refractivity contribution in [2.45, 2.75) is 13.8 Å². The molecule has 7 heteroatoms. The number of nitrogens with one attached hydrogen (secondary N) is 1. The molecule has 2 amide bonds. The van der Waals surface area contributed by atoms with Gasteiger partial charge in [-0.25, -0.2) is 0 Å². The lowest BCUT2D eigenvalue weighted by atomic mass is 10.1. The van der Waals surface area contributed by atoms with E-state index in [9.17, 15) is 14.4 Å². The number of carbonyl (C=O) groups excluding carboxylic acids is 2. The molecule has 188 valence electrons. The number of aryl methyl sites for hydroxylation is 2. The van der Waals surface area contributed by atoms with Crippen molar-refractivity contribution < 1.29 is 14.0 Å². The van der Waals surface area contributed by atoms with Crippen LogP contribution in [0.4, 0.5) is 5.69 Å². The van der Waals surface area contributed by atoms with Crippen molar-refractivity contribution in [1.82, 2.24) is 9.80 Å². The lowest BCUT2D eigenvalue weighted by molar-refractivity contribution is 0.0664. The number of piperazine rings is 1. The zero-order chi connectivity index (χ0) is 26.1. The Morgan fingerprint density at radius 1 is 0.838 bits per heavy atom. The van der Waals surface area contributed by atoms with Crippen LogP contribution in [0, 0.1) is 13.8 Å². The second kappa shape index (κ2) is 10.0. The first-order valence-electron chi connectivity index (χ1n) is 12.3. The van der Waals surface area contributed by atoms with E-state index in [-0.39, 0.29) is 17.2 Å². The predicted octanol–water partition coefficient (Wildman–Crippen LogP) is 4.72. The van der Waals surface area contributed by atoms with Crippen LogP contribution in [0.1, 0.15) is 31.8 Å². The Kier molecular flexibility index (Phi) is 6.63. The minimum absolute atomic E-state index is 0.00670. The smallest absolute Gasteiger partial charge is 0.255 e. The Labute approximate surface area is 215 Å². The van der Waals surface area contributed by atoms with E-state index >= 15 is 0 Å². The van der Waals surface area contributed by atoms with E-state index in [0.717, 1.165) is 24.2 Å². The van der Waals surface area contributed by atoms with Gasteiger partial charge in [0.25, 0.3) is 11.8 Å². The van der Waals surface area contributed by atoms with Crippen LogP contribution in [0.2, 0.25) is 0 Å². The Morgan fingerprint density at radius 3 is 2.16 bits per heavy atom. The van der Waals surface area contributed by atoms with Crippen LogP contribution in [0.5, 0.6) is 0 Å². The number of carbonyl (C=O) groups is 2. The molecule has 7 nitrogen and oxygen atoms in total. The zero-order valence-corrected chi connectivity index (χ0v) is 21.2. The SMILES string of the molecule is Cc1cc(C)c2oc(-c3ccc(C(=O)Nc4ccc(C(=O)N5CCN(C)CC5)cc4)cc3)cc(=O)c2c1. The van der Waals surface area contributed by atoms with E-state index in [0.29, 0.717) is 52.2 Å². The van der Waals surface area contributed by atoms with Crippen molar-refractivity contribution >= 4 is 28.5 Å². The van der Waals surface area contributed by atoms with Gasteiger partial charge in [-0.05, 0) is 74.5 Å². The first kappa shape index (κ1) is 24.5. The van der Waals surface area contributed by atoms with Gasteiger partial charge in [0.15, 0.2) is 5.43 Å². The van der Waals surface area contributed by atoms with E-state index in [1.165, 1.54) is 6.07 Å². The van der Waals surface area contributed by atoms with Gasteiger partial charge < -0.3 is 19.5 Å². The van der Waals surface area contributed by atoms with E-state index in [1.807, 2.05) is 30.9 Å². The normalized spacial score (nSPS) is 14.1. The van der Waals surface area contributed by atoms with Gasteiger partial charge in [-0.3, -0.25) is 14.4 Å². The topological polar surface area (TPSA) is 82.9 Å². The molecule has 3 aromatic carbocycles. The second-order valence-corrected chi connectivity index (χ2v) is 9.64. The molecule has 2 heterocycles. The molecule has 0 saturated carbocycles. The van der Waals surface area contributed by atoms with E-state index in [2.05, 4.69) is 17.3 Å². The van der Waals surface area contributed by atoms with E-state index in [1.54, 1.807) is 48.5 Å². The maximum absolute atomic E-state index is 12.8. The third-order valence-corrected chi connectivity index (χ3v) is 6.77. The molecule has 0 bridgehead atoms. The van der Waals surface area contributed by atoms with Crippen LogP contribution < -0.4 is 10.7 Å². The van der Waals surface area contributed by atoms with Gasteiger partial charge >= 0.3 is 0 Å². The molecular weight excluding hydrogens is 466 g/mol. The molecule has 0 radical (unpaired) electrons. The summed E-state index contributed by atoms with van der Waals surface area (Å²) >= 11 is 0. The number of fused-ring (bicyclic) bond motifs is 1. The molecule has 5 rings (SSSR count). The fourth-order valence-electron chi connectivity index (χ4n) is 4.63. The maximum atomic E-state index is 12.8. The third-order valence-electron chi connectivity index (χ3n) is 6.77. The predicted molar refractivity (Wildman–Crippen MR) is 145 cm³/mol. The van der Waals surface area contributed by atoms with Crippen molar-refractivity contribution in [2.24, 2.45) is 0 Å². The molecule has 0 aliphatic carbocycles. The van der Waals surface area contributed by atoms with Gasteiger partial charge in [0.2, 0.25) is 0 Å². The average molecular weight is 496 g/mol. The summed E-state index contributed by atoms with van der Waals surface area (Å²) in [6, 6.07) is 19.2. The van der Waals surface area contributed by atoms with E-state index < -0.39 is 0 Å². The lowest BCUT2D eigenvalue weighted by Crippen LogP contribution is -2.47. The highest BCUT2D eigenvalue weighted by atomic mass is 16.3. The van der Waals surface area contributed by atoms with Gasteiger partial charge in [-0.2, -0.15) is 0 Å². The summed E-state index contributed by atoms with van der Waals surface area (Å²) in [4.78, 5) is 42.3. The Balaban J connectivity index is 1.28. The lowest BCUT2D eigenvalue weighted by Gasteiger charge is -2.32. The van der Waals surface area contributed by atoms with Gasteiger partial charge in [0.1, 0.15) is 11.3 Å². The summed E-state index contributed by atoms with van der Waals surface area (Å²) in [6.45, 7) is 7.03. The first-order chi connectivity index (χ1) is 17.8. The fourth-order valence-corrected chi connectivity index (χ4v) is 4.63. The Morgan fingerprint density at radius 2 is 1.49 bits per heavy atom. The molecule has 1 aliphatic heterocycles. The molecule has 0 atom stereocenters. The van der Waals surface area contributed by atoms with Crippen molar-refractivity contribution in [2.75, 3.05) is 38.5 Å². The summed E-state index contributed by atoms with van der Waals surface area (Å²) in [5.74, 6) is 0.195. The highest BCUT2D eigenvalue weighted by Gasteiger charge is 2.20. The van der Waals surface area contributed by atoms with Gasteiger partial charge in [0, 0.05) is 54.6 Å². The van der Waals surface area contributed by atoms with Crippen LogP contribution in [0.15, 0.2) is 75.9 Å². The Bertz CT molecular complexity index is 1530.